The second kappa shape index (κ2) is 5.03. The SMILES string of the molecule is CS(=O)(=O)c1cccc(Cl)c1CC(N)C(=O)O. The van der Waals surface area contributed by atoms with E-state index in [1.54, 1.807) is 0 Å². The highest BCUT2D eigenvalue weighted by Crippen LogP contribution is 2.25. The summed E-state index contributed by atoms with van der Waals surface area (Å²) < 4.78 is 23.0. The van der Waals surface area contributed by atoms with Gasteiger partial charge in [0.1, 0.15) is 6.04 Å². The number of carboxylic acids is 1. The van der Waals surface area contributed by atoms with Crippen molar-refractivity contribution in [2.75, 3.05) is 6.26 Å². The number of hydrogen-bond acceptors (Lipinski definition) is 4. The van der Waals surface area contributed by atoms with Crippen LogP contribution in [-0.4, -0.2) is 31.8 Å². The van der Waals surface area contributed by atoms with Crippen LogP contribution in [0.25, 0.3) is 0 Å². The molecule has 0 spiro atoms. The lowest BCUT2D eigenvalue weighted by atomic mass is 10.1. The van der Waals surface area contributed by atoms with E-state index >= 15 is 0 Å². The zero-order valence-electron chi connectivity index (χ0n) is 9.05. The van der Waals surface area contributed by atoms with Gasteiger partial charge < -0.3 is 10.8 Å². The van der Waals surface area contributed by atoms with E-state index in [-0.39, 0.29) is 21.9 Å². The molecule has 0 amide bonds. The van der Waals surface area contributed by atoms with Crippen LogP contribution in [0.5, 0.6) is 0 Å². The molecule has 0 saturated heterocycles. The van der Waals surface area contributed by atoms with Gasteiger partial charge in [-0.1, -0.05) is 17.7 Å². The normalized spacial score (nSPS) is 13.4. The zero-order valence-corrected chi connectivity index (χ0v) is 10.6. The van der Waals surface area contributed by atoms with Gasteiger partial charge in [-0.25, -0.2) is 8.42 Å². The van der Waals surface area contributed by atoms with Gasteiger partial charge in [0.2, 0.25) is 0 Å². The van der Waals surface area contributed by atoms with E-state index in [1.165, 1.54) is 18.2 Å². The summed E-state index contributed by atoms with van der Waals surface area (Å²) >= 11 is 5.87. The maximum Gasteiger partial charge on any atom is 0.320 e. The van der Waals surface area contributed by atoms with E-state index in [9.17, 15) is 13.2 Å². The van der Waals surface area contributed by atoms with E-state index < -0.39 is 21.8 Å². The number of halogens is 1. The molecule has 1 aromatic carbocycles. The van der Waals surface area contributed by atoms with Gasteiger partial charge in [-0.2, -0.15) is 0 Å². The van der Waals surface area contributed by atoms with Crippen LogP contribution < -0.4 is 5.73 Å². The third kappa shape index (κ3) is 3.42. The molecule has 0 bridgehead atoms. The van der Waals surface area contributed by atoms with Gasteiger partial charge in [0, 0.05) is 17.7 Å². The first kappa shape index (κ1) is 14.0. The fourth-order valence-corrected chi connectivity index (χ4v) is 2.67. The van der Waals surface area contributed by atoms with Crippen molar-refractivity contribution in [1.29, 1.82) is 0 Å². The standard InChI is InChI=1S/C10H12ClNO4S/c1-17(15,16)9-4-2-3-7(11)6(9)5-8(12)10(13)14/h2-4,8H,5,12H2,1H3,(H,13,14). The van der Waals surface area contributed by atoms with Crippen molar-refractivity contribution >= 4 is 27.4 Å². The average molecular weight is 278 g/mol. The molecular formula is C10H12ClNO4S. The highest BCUT2D eigenvalue weighted by Gasteiger charge is 2.20. The Balaban J connectivity index is 3.27. The fourth-order valence-electron chi connectivity index (χ4n) is 1.39. The highest BCUT2D eigenvalue weighted by atomic mass is 35.5. The number of sulfone groups is 1. The van der Waals surface area contributed by atoms with Crippen molar-refractivity contribution in [3.63, 3.8) is 0 Å². The monoisotopic (exact) mass is 277 g/mol. The molecule has 94 valence electrons. The minimum Gasteiger partial charge on any atom is -0.480 e. The van der Waals surface area contributed by atoms with Crippen LogP contribution in [0.4, 0.5) is 0 Å². The molecule has 1 atom stereocenters. The van der Waals surface area contributed by atoms with Gasteiger partial charge >= 0.3 is 5.97 Å². The molecule has 1 unspecified atom stereocenters. The summed E-state index contributed by atoms with van der Waals surface area (Å²) in [5.74, 6) is -1.20. The first-order valence-corrected chi connectivity index (χ1v) is 6.96. The minimum absolute atomic E-state index is 0.0155. The number of nitrogens with two attached hydrogens (primary N) is 1. The van der Waals surface area contributed by atoms with Crippen molar-refractivity contribution in [3.05, 3.63) is 28.8 Å². The number of benzene rings is 1. The summed E-state index contributed by atoms with van der Waals surface area (Å²) in [5, 5.41) is 8.91. The van der Waals surface area contributed by atoms with Crippen LogP contribution in [0.3, 0.4) is 0 Å². The van der Waals surface area contributed by atoms with Crippen LogP contribution in [0.2, 0.25) is 5.02 Å². The molecule has 0 aromatic heterocycles. The van der Waals surface area contributed by atoms with Crippen LogP contribution in [0.1, 0.15) is 5.56 Å². The Hall–Kier alpha value is -1.11. The summed E-state index contributed by atoms with van der Waals surface area (Å²) in [6, 6.07) is 3.19. The van der Waals surface area contributed by atoms with E-state index in [4.69, 9.17) is 22.4 Å². The summed E-state index contributed by atoms with van der Waals surface area (Å²) in [7, 11) is -3.46. The zero-order chi connectivity index (χ0) is 13.2. The number of hydrogen-bond donors (Lipinski definition) is 2. The first-order valence-electron chi connectivity index (χ1n) is 4.69. The summed E-state index contributed by atoms with van der Waals surface area (Å²) in [6.45, 7) is 0. The summed E-state index contributed by atoms with van der Waals surface area (Å²) in [4.78, 5) is 10.7. The van der Waals surface area contributed by atoms with E-state index in [0.717, 1.165) is 6.26 Å². The Morgan fingerprint density at radius 2 is 2.12 bits per heavy atom. The van der Waals surface area contributed by atoms with Crippen molar-refractivity contribution < 1.29 is 18.3 Å². The van der Waals surface area contributed by atoms with Crippen molar-refractivity contribution in [2.24, 2.45) is 5.73 Å². The van der Waals surface area contributed by atoms with Gasteiger partial charge in [-0.3, -0.25) is 4.79 Å². The predicted octanol–water partition coefficient (Wildman–Crippen LogP) is 0.698. The number of aliphatic carboxylic acids is 1. The van der Waals surface area contributed by atoms with E-state index in [1.807, 2.05) is 0 Å². The molecule has 1 aromatic rings. The van der Waals surface area contributed by atoms with Crippen LogP contribution >= 0.6 is 11.6 Å². The Morgan fingerprint density at radius 1 is 1.53 bits per heavy atom. The van der Waals surface area contributed by atoms with Gasteiger partial charge in [0.05, 0.1) is 4.90 Å². The molecule has 17 heavy (non-hydrogen) atoms. The lowest BCUT2D eigenvalue weighted by molar-refractivity contribution is -0.138. The number of rotatable bonds is 4. The Morgan fingerprint density at radius 3 is 2.59 bits per heavy atom. The summed E-state index contributed by atoms with van der Waals surface area (Å²) in [6.07, 6.45) is 0.909. The molecule has 1 rings (SSSR count). The molecule has 3 N–H and O–H groups in total. The highest BCUT2D eigenvalue weighted by molar-refractivity contribution is 7.90. The van der Waals surface area contributed by atoms with Crippen LogP contribution in [0.15, 0.2) is 23.1 Å². The van der Waals surface area contributed by atoms with Gasteiger partial charge in [-0.15, -0.1) is 0 Å². The third-order valence-electron chi connectivity index (χ3n) is 2.22. The largest absolute Gasteiger partial charge is 0.480 e. The van der Waals surface area contributed by atoms with Crippen molar-refractivity contribution in [1.82, 2.24) is 0 Å². The number of carbonyl (C=O) groups is 1. The molecule has 0 aliphatic heterocycles. The molecule has 0 aliphatic carbocycles. The van der Waals surface area contributed by atoms with Gasteiger partial charge in [0.15, 0.2) is 9.84 Å². The van der Waals surface area contributed by atoms with E-state index in [0.29, 0.717) is 0 Å². The topological polar surface area (TPSA) is 97.5 Å². The molecule has 0 fully saturated rings. The molecule has 0 heterocycles. The van der Waals surface area contributed by atoms with Gasteiger partial charge in [0.25, 0.3) is 0 Å². The average Bonchev–Trinajstić information content (AvgIpc) is 2.18. The molecular weight excluding hydrogens is 266 g/mol. The Labute approximate surface area is 104 Å². The lowest BCUT2D eigenvalue weighted by Crippen LogP contribution is -2.32. The predicted molar refractivity (Wildman–Crippen MR) is 63.9 cm³/mol. The van der Waals surface area contributed by atoms with Crippen LogP contribution in [0, 0.1) is 0 Å². The molecule has 0 aliphatic rings. The molecule has 5 nitrogen and oxygen atoms in total. The quantitative estimate of drug-likeness (QED) is 0.844. The fraction of sp³-hybridized carbons (Fsp3) is 0.300. The van der Waals surface area contributed by atoms with E-state index in [2.05, 4.69) is 0 Å². The lowest BCUT2D eigenvalue weighted by Gasteiger charge is -2.12. The second-order valence-electron chi connectivity index (χ2n) is 3.64. The first-order chi connectivity index (χ1) is 7.73. The molecule has 0 radical (unpaired) electrons. The summed E-state index contributed by atoms with van der Waals surface area (Å²) in [5.41, 5.74) is 5.62. The van der Waals surface area contributed by atoms with Gasteiger partial charge in [-0.05, 0) is 17.7 Å². The maximum absolute atomic E-state index is 11.5. The number of carboxylic acid groups (broad SMARTS) is 1. The Bertz CT molecular complexity index is 541. The third-order valence-corrected chi connectivity index (χ3v) is 3.75. The molecule has 0 saturated carbocycles. The maximum atomic E-state index is 11.5. The molecule has 7 heteroatoms. The van der Waals surface area contributed by atoms with Crippen molar-refractivity contribution in [2.45, 2.75) is 17.4 Å². The van der Waals surface area contributed by atoms with Crippen molar-refractivity contribution in [3.8, 4) is 0 Å². The second-order valence-corrected chi connectivity index (χ2v) is 6.03. The Kier molecular flexibility index (Phi) is 4.13. The van der Waals surface area contributed by atoms with Crippen LogP contribution in [-0.2, 0) is 21.1 Å². The smallest absolute Gasteiger partial charge is 0.320 e. The minimum atomic E-state index is -3.46.